The zero-order valence-electron chi connectivity index (χ0n) is 13.0. The molecule has 1 nitrogen and oxygen atoms in total. The fourth-order valence-corrected chi connectivity index (χ4v) is 5.05. The van der Waals surface area contributed by atoms with Gasteiger partial charge in [-0.25, -0.2) is 0 Å². The molecule has 2 heteroatoms. The van der Waals surface area contributed by atoms with E-state index in [-0.39, 0.29) is 0 Å². The minimum Gasteiger partial charge on any atom is -0.297 e. The van der Waals surface area contributed by atoms with Crippen LogP contribution in [0.4, 0.5) is 0 Å². The molecule has 1 saturated heterocycles. The Bertz CT molecular complexity index is 237. The fourth-order valence-electron chi connectivity index (χ4n) is 2.98. The fraction of sp³-hybridized carbons (Fsp3) is 0.875. The van der Waals surface area contributed by atoms with Gasteiger partial charge in [-0.05, 0) is 39.8 Å². The molecule has 106 valence electrons. The molecule has 0 aromatic rings. The third-order valence-electron chi connectivity index (χ3n) is 4.64. The van der Waals surface area contributed by atoms with Gasteiger partial charge in [0.25, 0.3) is 0 Å². The first-order chi connectivity index (χ1) is 8.69. The average Bonchev–Trinajstić information content (AvgIpc) is 2.34. The molecule has 18 heavy (non-hydrogen) atoms. The lowest BCUT2D eigenvalue weighted by atomic mass is 10.0. The van der Waals surface area contributed by atoms with Gasteiger partial charge in [0.2, 0.25) is 0 Å². The molecule has 1 heterocycles. The van der Waals surface area contributed by atoms with E-state index >= 15 is 0 Å². The second kappa shape index (κ2) is 8.92. The standard InChI is InChI=1S/C16H33NSi/c1-5-18(6-2)14-15(3)16(4)17-12-10-8-7-9-11-13-17/h14,16,18H,5-13H2,1-4H3. The molecule has 0 radical (unpaired) electrons. The van der Waals surface area contributed by atoms with Crippen LogP contribution in [0.25, 0.3) is 0 Å². The van der Waals surface area contributed by atoms with Crippen molar-refractivity contribution < 1.29 is 0 Å². The Labute approximate surface area is 116 Å². The summed E-state index contributed by atoms with van der Waals surface area (Å²) in [6.07, 6.45) is 7.14. The van der Waals surface area contributed by atoms with Crippen LogP contribution >= 0.6 is 0 Å². The molecular formula is C16H33NSi. The van der Waals surface area contributed by atoms with Gasteiger partial charge < -0.3 is 0 Å². The van der Waals surface area contributed by atoms with Crippen LogP contribution in [0.15, 0.2) is 11.3 Å². The van der Waals surface area contributed by atoms with Crippen molar-refractivity contribution in [1.29, 1.82) is 0 Å². The van der Waals surface area contributed by atoms with Crippen LogP contribution in [-0.2, 0) is 0 Å². The lowest BCUT2D eigenvalue weighted by molar-refractivity contribution is 0.212. The van der Waals surface area contributed by atoms with Gasteiger partial charge in [-0.2, -0.15) is 0 Å². The zero-order valence-corrected chi connectivity index (χ0v) is 14.2. The van der Waals surface area contributed by atoms with Crippen LogP contribution in [0.1, 0.15) is 59.8 Å². The normalized spacial score (nSPS) is 21.7. The van der Waals surface area contributed by atoms with Gasteiger partial charge >= 0.3 is 0 Å². The highest BCUT2D eigenvalue weighted by Gasteiger charge is 2.16. The molecule has 0 aliphatic carbocycles. The van der Waals surface area contributed by atoms with E-state index in [2.05, 4.69) is 38.3 Å². The molecule has 0 saturated carbocycles. The largest absolute Gasteiger partial charge is 0.297 e. The maximum Gasteiger partial charge on any atom is 0.0609 e. The molecule has 0 N–H and O–H groups in total. The Balaban J connectivity index is 2.56. The maximum atomic E-state index is 2.72. The second-order valence-corrected chi connectivity index (χ2v) is 9.45. The van der Waals surface area contributed by atoms with Gasteiger partial charge in [0, 0.05) is 6.04 Å². The van der Waals surface area contributed by atoms with Gasteiger partial charge in [-0.15, -0.1) is 0 Å². The third kappa shape index (κ3) is 5.27. The number of hydrogen-bond acceptors (Lipinski definition) is 1. The lowest BCUT2D eigenvalue weighted by Gasteiger charge is -2.31. The summed E-state index contributed by atoms with van der Waals surface area (Å²) in [6.45, 7) is 12.2. The first kappa shape index (κ1) is 16.0. The Kier molecular flexibility index (Phi) is 7.92. The highest BCUT2D eigenvalue weighted by molar-refractivity contribution is 6.64. The van der Waals surface area contributed by atoms with Crippen molar-refractivity contribution in [3.8, 4) is 0 Å². The molecule has 1 aliphatic heterocycles. The molecule has 0 aromatic carbocycles. The zero-order chi connectivity index (χ0) is 13.4. The van der Waals surface area contributed by atoms with Crippen LogP contribution in [0.3, 0.4) is 0 Å². The van der Waals surface area contributed by atoms with Crippen LogP contribution in [0.2, 0.25) is 12.1 Å². The quantitative estimate of drug-likeness (QED) is 0.668. The molecule has 1 rings (SSSR count). The van der Waals surface area contributed by atoms with E-state index in [9.17, 15) is 0 Å². The van der Waals surface area contributed by atoms with E-state index in [0.29, 0.717) is 6.04 Å². The summed E-state index contributed by atoms with van der Waals surface area (Å²) in [5.74, 6) is 0. The Morgan fingerprint density at radius 3 is 2.06 bits per heavy atom. The summed E-state index contributed by atoms with van der Waals surface area (Å²) in [6, 6.07) is 3.51. The number of likely N-dealkylation sites (tertiary alicyclic amines) is 1. The molecule has 0 amide bonds. The maximum absolute atomic E-state index is 2.72. The topological polar surface area (TPSA) is 3.24 Å². The first-order valence-corrected chi connectivity index (χ1v) is 10.4. The van der Waals surface area contributed by atoms with Gasteiger partial charge in [0.1, 0.15) is 0 Å². The highest BCUT2D eigenvalue weighted by Crippen LogP contribution is 2.17. The van der Waals surface area contributed by atoms with E-state index in [1.165, 1.54) is 57.3 Å². The van der Waals surface area contributed by atoms with E-state index in [1.807, 2.05) is 0 Å². The highest BCUT2D eigenvalue weighted by atomic mass is 28.3. The average molecular weight is 268 g/mol. The predicted octanol–water partition coefficient (Wildman–Crippen LogP) is 4.39. The first-order valence-electron chi connectivity index (χ1n) is 8.11. The van der Waals surface area contributed by atoms with Gasteiger partial charge in [0.15, 0.2) is 0 Å². The van der Waals surface area contributed by atoms with Gasteiger partial charge in [-0.3, -0.25) is 4.90 Å². The monoisotopic (exact) mass is 267 g/mol. The molecule has 0 aromatic heterocycles. The minimum absolute atomic E-state index is 0.569. The van der Waals surface area contributed by atoms with E-state index in [1.54, 1.807) is 5.57 Å². The molecule has 1 aliphatic rings. The molecule has 0 bridgehead atoms. The van der Waals surface area contributed by atoms with E-state index < -0.39 is 8.80 Å². The second-order valence-electron chi connectivity index (χ2n) is 5.97. The SMILES string of the molecule is CC[SiH](C=C(C)C(C)N1CCCCCCC1)CC. The Hall–Kier alpha value is -0.0831. The van der Waals surface area contributed by atoms with Crippen molar-refractivity contribution in [2.75, 3.05) is 13.1 Å². The van der Waals surface area contributed by atoms with Gasteiger partial charge in [0.05, 0.1) is 8.80 Å². The van der Waals surface area contributed by atoms with Crippen LogP contribution in [-0.4, -0.2) is 32.8 Å². The van der Waals surface area contributed by atoms with E-state index in [0.717, 1.165) is 0 Å². The van der Waals surface area contributed by atoms with Crippen molar-refractivity contribution in [3.63, 3.8) is 0 Å². The summed E-state index contributed by atoms with van der Waals surface area (Å²) < 4.78 is 0. The van der Waals surface area contributed by atoms with Crippen molar-refractivity contribution >= 4 is 8.80 Å². The lowest BCUT2D eigenvalue weighted by Crippen LogP contribution is -2.36. The smallest absolute Gasteiger partial charge is 0.0609 e. The van der Waals surface area contributed by atoms with Crippen LogP contribution < -0.4 is 0 Å². The molecule has 1 atom stereocenters. The molecule has 0 spiro atoms. The number of nitrogens with zero attached hydrogens (tertiary/aromatic N) is 1. The molecular weight excluding hydrogens is 234 g/mol. The van der Waals surface area contributed by atoms with Crippen molar-refractivity contribution in [2.45, 2.75) is 77.9 Å². The summed E-state index contributed by atoms with van der Waals surface area (Å²) in [4.78, 5) is 2.72. The molecule has 1 unspecified atom stereocenters. The predicted molar refractivity (Wildman–Crippen MR) is 86.0 cm³/mol. The van der Waals surface area contributed by atoms with Gasteiger partial charge in [-0.1, -0.05) is 56.5 Å². The Morgan fingerprint density at radius 1 is 1.06 bits per heavy atom. The Morgan fingerprint density at radius 2 is 1.56 bits per heavy atom. The van der Waals surface area contributed by atoms with Crippen LogP contribution in [0, 0.1) is 0 Å². The number of hydrogen-bond donors (Lipinski definition) is 0. The van der Waals surface area contributed by atoms with Crippen molar-refractivity contribution in [2.24, 2.45) is 0 Å². The summed E-state index contributed by atoms with van der Waals surface area (Å²) >= 11 is 0. The van der Waals surface area contributed by atoms with Crippen molar-refractivity contribution in [1.82, 2.24) is 4.90 Å². The van der Waals surface area contributed by atoms with E-state index in [4.69, 9.17) is 0 Å². The number of rotatable bonds is 5. The minimum atomic E-state index is -0.569. The van der Waals surface area contributed by atoms with Crippen molar-refractivity contribution in [3.05, 3.63) is 11.3 Å². The summed E-state index contributed by atoms with van der Waals surface area (Å²) in [5.41, 5.74) is 4.32. The molecule has 1 fully saturated rings. The summed E-state index contributed by atoms with van der Waals surface area (Å²) in [5, 5.41) is 0. The summed E-state index contributed by atoms with van der Waals surface area (Å²) in [7, 11) is -0.569. The van der Waals surface area contributed by atoms with Crippen LogP contribution in [0.5, 0.6) is 0 Å². The third-order valence-corrected chi connectivity index (χ3v) is 7.74.